The Hall–Kier alpha value is -1.69. The van der Waals surface area contributed by atoms with Crippen LogP contribution in [0.5, 0.6) is 0 Å². The number of ether oxygens (including phenoxy) is 1. The van der Waals surface area contributed by atoms with E-state index in [-0.39, 0.29) is 12.0 Å². The van der Waals surface area contributed by atoms with Gasteiger partial charge < -0.3 is 9.64 Å². The first-order chi connectivity index (χ1) is 11.1. The first-order valence-corrected chi connectivity index (χ1v) is 8.64. The quantitative estimate of drug-likeness (QED) is 0.794. The summed E-state index contributed by atoms with van der Waals surface area (Å²) in [5.74, 6) is -0.0158. The maximum absolute atomic E-state index is 12.3. The number of rotatable bonds is 3. The fraction of sp³-hybridized carbons (Fsp3) is 0.294. The van der Waals surface area contributed by atoms with Crippen LogP contribution in [0.4, 0.5) is 0 Å². The molecule has 0 aliphatic carbocycles. The van der Waals surface area contributed by atoms with E-state index in [0.29, 0.717) is 24.7 Å². The van der Waals surface area contributed by atoms with Crippen molar-refractivity contribution in [2.45, 2.75) is 13.0 Å². The molecule has 0 spiro atoms. The first-order valence-electron chi connectivity index (χ1n) is 7.38. The van der Waals surface area contributed by atoms with E-state index in [0.717, 1.165) is 16.3 Å². The van der Waals surface area contributed by atoms with Gasteiger partial charge in [0, 0.05) is 23.0 Å². The SMILES string of the molecule is Cc1nc(/C=C\C(=O)N2CCO[C@H](c3ccc(Cl)cc3)C2)cs1. The Balaban J connectivity index is 1.64. The standard InChI is InChI=1S/C17H17ClN2O2S/c1-12-19-15(11-23-12)6-7-17(21)20-8-9-22-16(10-20)13-2-4-14(18)5-3-13/h2-7,11,16H,8-10H2,1H3/b7-6-/t16-/m0/s1. The zero-order valence-electron chi connectivity index (χ0n) is 12.7. The van der Waals surface area contributed by atoms with E-state index >= 15 is 0 Å². The van der Waals surface area contributed by atoms with Gasteiger partial charge in [-0.15, -0.1) is 11.3 Å². The summed E-state index contributed by atoms with van der Waals surface area (Å²) in [5.41, 5.74) is 1.86. The average Bonchev–Trinajstić information content (AvgIpc) is 2.99. The summed E-state index contributed by atoms with van der Waals surface area (Å²) in [5, 5.41) is 3.62. The van der Waals surface area contributed by atoms with Crippen molar-refractivity contribution in [3.05, 3.63) is 57.0 Å². The Morgan fingerprint density at radius 2 is 2.22 bits per heavy atom. The van der Waals surface area contributed by atoms with Crippen LogP contribution >= 0.6 is 22.9 Å². The number of nitrogens with zero attached hydrogens (tertiary/aromatic N) is 2. The minimum Gasteiger partial charge on any atom is -0.370 e. The molecule has 3 rings (SSSR count). The van der Waals surface area contributed by atoms with Gasteiger partial charge >= 0.3 is 0 Å². The van der Waals surface area contributed by atoms with Crippen LogP contribution in [0, 0.1) is 6.92 Å². The molecule has 1 fully saturated rings. The number of halogens is 1. The molecular weight excluding hydrogens is 332 g/mol. The lowest BCUT2D eigenvalue weighted by Gasteiger charge is -2.32. The van der Waals surface area contributed by atoms with Crippen LogP contribution in [0.1, 0.15) is 22.4 Å². The number of hydrogen-bond acceptors (Lipinski definition) is 4. The number of benzene rings is 1. The third-order valence-electron chi connectivity index (χ3n) is 3.65. The molecule has 0 saturated carbocycles. The molecule has 1 saturated heterocycles. The number of carbonyl (C=O) groups excluding carboxylic acids is 1. The van der Waals surface area contributed by atoms with Gasteiger partial charge in [0.05, 0.1) is 23.9 Å². The highest BCUT2D eigenvalue weighted by Crippen LogP contribution is 2.24. The predicted molar refractivity (Wildman–Crippen MR) is 92.6 cm³/mol. The van der Waals surface area contributed by atoms with Crippen LogP contribution in [0.2, 0.25) is 5.02 Å². The molecule has 1 aromatic heterocycles. The van der Waals surface area contributed by atoms with Gasteiger partial charge in [0.1, 0.15) is 6.10 Å². The van der Waals surface area contributed by atoms with Crippen LogP contribution in [0.3, 0.4) is 0 Å². The highest BCUT2D eigenvalue weighted by atomic mass is 35.5. The molecule has 1 amide bonds. The molecule has 6 heteroatoms. The smallest absolute Gasteiger partial charge is 0.246 e. The summed E-state index contributed by atoms with van der Waals surface area (Å²) < 4.78 is 5.78. The molecule has 23 heavy (non-hydrogen) atoms. The zero-order valence-corrected chi connectivity index (χ0v) is 14.3. The summed E-state index contributed by atoms with van der Waals surface area (Å²) in [4.78, 5) is 18.5. The van der Waals surface area contributed by atoms with Gasteiger partial charge in [0.15, 0.2) is 0 Å². The van der Waals surface area contributed by atoms with Crippen molar-refractivity contribution in [2.24, 2.45) is 0 Å². The molecule has 2 heterocycles. The van der Waals surface area contributed by atoms with Crippen LogP contribution in [0.15, 0.2) is 35.7 Å². The molecule has 1 aromatic carbocycles. The number of thiazole rings is 1. The van der Waals surface area contributed by atoms with Crippen molar-refractivity contribution in [1.29, 1.82) is 0 Å². The highest BCUT2D eigenvalue weighted by molar-refractivity contribution is 7.09. The van der Waals surface area contributed by atoms with E-state index < -0.39 is 0 Å². The van der Waals surface area contributed by atoms with Crippen molar-refractivity contribution in [3.63, 3.8) is 0 Å². The van der Waals surface area contributed by atoms with E-state index in [9.17, 15) is 4.79 Å². The van der Waals surface area contributed by atoms with Gasteiger partial charge in [-0.25, -0.2) is 4.98 Å². The second kappa shape index (κ2) is 7.25. The third-order valence-corrected chi connectivity index (χ3v) is 4.70. The topological polar surface area (TPSA) is 42.4 Å². The number of morpholine rings is 1. The number of aromatic nitrogens is 1. The Morgan fingerprint density at radius 3 is 2.91 bits per heavy atom. The van der Waals surface area contributed by atoms with Gasteiger partial charge in [0.25, 0.3) is 0 Å². The third kappa shape index (κ3) is 4.19. The number of carbonyl (C=O) groups is 1. The lowest BCUT2D eigenvalue weighted by molar-refractivity contribution is -0.133. The molecule has 0 bridgehead atoms. The summed E-state index contributed by atoms with van der Waals surface area (Å²) in [6.07, 6.45) is 3.23. The fourth-order valence-electron chi connectivity index (χ4n) is 2.45. The van der Waals surface area contributed by atoms with E-state index in [1.165, 1.54) is 0 Å². The Kier molecular flexibility index (Phi) is 5.10. The Labute approximate surface area is 144 Å². The van der Waals surface area contributed by atoms with Crippen LogP contribution < -0.4 is 0 Å². The first kappa shape index (κ1) is 16.2. The maximum atomic E-state index is 12.3. The predicted octanol–water partition coefficient (Wildman–Crippen LogP) is 3.72. The summed E-state index contributed by atoms with van der Waals surface area (Å²) in [6.45, 7) is 3.62. The van der Waals surface area contributed by atoms with E-state index in [1.54, 1.807) is 28.4 Å². The Bertz CT molecular complexity index is 712. The average molecular weight is 349 g/mol. The number of aryl methyl sites for hydroxylation is 1. The van der Waals surface area contributed by atoms with E-state index in [4.69, 9.17) is 16.3 Å². The van der Waals surface area contributed by atoms with Gasteiger partial charge in [-0.1, -0.05) is 23.7 Å². The minimum absolute atomic E-state index is 0.0158. The van der Waals surface area contributed by atoms with Gasteiger partial charge in [-0.05, 0) is 30.7 Å². The summed E-state index contributed by atoms with van der Waals surface area (Å²) in [7, 11) is 0. The molecule has 120 valence electrons. The molecule has 4 nitrogen and oxygen atoms in total. The fourth-order valence-corrected chi connectivity index (χ4v) is 3.15. The lowest BCUT2D eigenvalue weighted by Crippen LogP contribution is -2.41. The van der Waals surface area contributed by atoms with Crippen molar-refractivity contribution in [2.75, 3.05) is 19.7 Å². The van der Waals surface area contributed by atoms with Gasteiger partial charge in [-0.2, -0.15) is 0 Å². The Morgan fingerprint density at radius 1 is 1.43 bits per heavy atom. The second-order valence-electron chi connectivity index (χ2n) is 5.32. The van der Waals surface area contributed by atoms with Crippen molar-refractivity contribution in [3.8, 4) is 0 Å². The molecule has 1 atom stereocenters. The molecule has 2 aromatic rings. The molecule has 1 aliphatic rings. The molecular formula is C17H17ClN2O2S. The van der Waals surface area contributed by atoms with Crippen molar-refractivity contribution in [1.82, 2.24) is 9.88 Å². The zero-order chi connectivity index (χ0) is 16.2. The van der Waals surface area contributed by atoms with Crippen LogP contribution in [0.25, 0.3) is 6.08 Å². The van der Waals surface area contributed by atoms with E-state index in [2.05, 4.69) is 4.98 Å². The van der Waals surface area contributed by atoms with E-state index in [1.807, 2.05) is 36.6 Å². The number of amides is 1. The van der Waals surface area contributed by atoms with Crippen LogP contribution in [-0.4, -0.2) is 35.5 Å². The normalized spacial score (nSPS) is 18.5. The van der Waals surface area contributed by atoms with Gasteiger partial charge in [-0.3, -0.25) is 4.79 Å². The maximum Gasteiger partial charge on any atom is 0.246 e. The highest BCUT2D eigenvalue weighted by Gasteiger charge is 2.24. The molecule has 0 unspecified atom stereocenters. The second-order valence-corrected chi connectivity index (χ2v) is 6.82. The largest absolute Gasteiger partial charge is 0.370 e. The molecule has 0 N–H and O–H groups in total. The minimum atomic E-state index is -0.111. The van der Waals surface area contributed by atoms with Crippen molar-refractivity contribution < 1.29 is 9.53 Å². The van der Waals surface area contributed by atoms with Crippen LogP contribution in [-0.2, 0) is 9.53 Å². The number of hydrogen-bond donors (Lipinski definition) is 0. The van der Waals surface area contributed by atoms with Gasteiger partial charge in [0.2, 0.25) is 5.91 Å². The molecule has 0 radical (unpaired) electrons. The van der Waals surface area contributed by atoms with Crippen molar-refractivity contribution >= 4 is 34.9 Å². The lowest BCUT2D eigenvalue weighted by atomic mass is 10.1. The monoisotopic (exact) mass is 348 g/mol. The summed E-state index contributed by atoms with van der Waals surface area (Å²) in [6, 6.07) is 7.56. The molecule has 1 aliphatic heterocycles. The summed E-state index contributed by atoms with van der Waals surface area (Å²) >= 11 is 7.48.